The van der Waals surface area contributed by atoms with Gasteiger partial charge in [0.05, 0.1) is 4.92 Å². The SMILES string of the molecule is CCc1nn(C)c(NC2CC2)c1[N+](=O)[O-]. The van der Waals surface area contributed by atoms with Crippen LogP contribution in [-0.4, -0.2) is 20.7 Å². The number of nitrogens with zero attached hydrogens (tertiary/aromatic N) is 3. The zero-order valence-corrected chi connectivity index (χ0v) is 8.86. The van der Waals surface area contributed by atoms with Crippen LogP contribution in [0.5, 0.6) is 0 Å². The van der Waals surface area contributed by atoms with Crippen LogP contribution in [-0.2, 0) is 13.5 Å². The van der Waals surface area contributed by atoms with Crippen LogP contribution in [0.4, 0.5) is 11.5 Å². The fraction of sp³-hybridized carbons (Fsp3) is 0.667. The molecule has 1 saturated carbocycles. The average molecular weight is 210 g/mol. The molecule has 82 valence electrons. The number of hydrogen-bond acceptors (Lipinski definition) is 4. The van der Waals surface area contributed by atoms with Crippen molar-refractivity contribution >= 4 is 11.5 Å². The lowest BCUT2D eigenvalue weighted by molar-refractivity contribution is -0.384. The fourth-order valence-corrected chi connectivity index (χ4v) is 1.58. The summed E-state index contributed by atoms with van der Waals surface area (Å²) in [5.74, 6) is 0.541. The number of nitrogens with one attached hydrogen (secondary N) is 1. The average Bonchev–Trinajstić information content (AvgIpc) is 2.92. The predicted molar refractivity (Wildman–Crippen MR) is 55.9 cm³/mol. The molecule has 1 heterocycles. The maximum atomic E-state index is 10.9. The van der Waals surface area contributed by atoms with Gasteiger partial charge in [0.15, 0.2) is 0 Å². The minimum absolute atomic E-state index is 0.131. The van der Waals surface area contributed by atoms with Gasteiger partial charge in [0.1, 0.15) is 5.69 Å². The molecule has 6 heteroatoms. The van der Waals surface area contributed by atoms with E-state index >= 15 is 0 Å². The molecule has 0 aromatic carbocycles. The Morgan fingerprint density at radius 3 is 2.80 bits per heavy atom. The minimum atomic E-state index is -0.351. The van der Waals surface area contributed by atoms with Crippen LogP contribution in [0.3, 0.4) is 0 Å². The third-order valence-electron chi connectivity index (χ3n) is 2.53. The first-order valence-electron chi connectivity index (χ1n) is 5.10. The second-order valence-electron chi connectivity index (χ2n) is 3.80. The molecule has 1 aliphatic rings. The molecular weight excluding hydrogens is 196 g/mol. The van der Waals surface area contributed by atoms with Crippen LogP contribution in [0.2, 0.25) is 0 Å². The summed E-state index contributed by atoms with van der Waals surface area (Å²) in [5, 5.41) is 18.2. The van der Waals surface area contributed by atoms with E-state index in [0.29, 0.717) is 24.0 Å². The summed E-state index contributed by atoms with van der Waals surface area (Å²) in [6.45, 7) is 1.87. The summed E-state index contributed by atoms with van der Waals surface area (Å²) in [7, 11) is 1.73. The zero-order valence-electron chi connectivity index (χ0n) is 8.86. The van der Waals surface area contributed by atoms with E-state index in [1.165, 1.54) is 0 Å². The Bertz CT molecular complexity index is 395. The van der Waals surface area contributed by atoms with Crippen molar-refractivity contribution in [1.82, 2.24) is 9.78 Å². The van der Waals surface area contributed by atoms with Crippen molar-refractivity contribution in [3.63, 3.8) is 0 Å². The Morgan fingerprint density at radius 2 is 2.33 bits per heavy atom. The van der Waals surface area contributed by atoms with Gasteiger partial charge in [-0.3, -0.25) is 10.1 Å². The van der Waals surface area contributed by atoms with Gasteiger partial charge in [-0.2, -0.15) is 5.10 Å². The van der Waals surface area contributed by atoms with Crippen LogP contribution in [0.15, 0.2) is 0 Å². The molecule has 2 rings (SSSR count). The van der Waals surface area contributed by atoms with Crippen LogP contribution >= 0.6 is 0 Å². The number of hydrogen-bond donors (Lipinski definition) is 1. The van der Waals surface area contributed by atoms with E-state index in [0.717, 1.165) is 12.8 Å². The summed E-state index contributed by atoms with van der Waals surface area (Å²) in [5.41, 5.74) is 0.678. The van der Waals surface area contributed by atoms with Crippen LogP contribution in [0, 0.1) is 10.1 Å². The molecule has 15 heavy (non-hydrogen) atoms. The first-order chi connectivity index (χ1) is 7.13. The van der Waals surface area contributed by atoms with Gasteiger partial charge in [-0.1, -0.05) is 6.92 Å². The molecule has 1 aromatic rings. The predicted octanol–water partition coefficient (Wildman–Crippen LogP) is 1.46. The molecule has 0 bridgehead atoms. The summed E-state index contributed by atoms with van der Waals surface area (Å²) in [6, 6.07) is 0.392. The Morgan fingerprint density at radius 1 is 1.67 bits per heavy atom. The molecule has 0 saturated heterocycles. The van der Waals surface area contributed by atoms with Gasteiger partial charge in [-0.15, -0.1) is 0 Å². The highest BCUT2D eigenvalue weighted by molar-refractivity contribution is 5.60. The van der Waals surface area contributed by atoms with Crippen LogP contribution in [0.25, 0.3) is 0 Å². The molecule has 0 unspecified atom stereocenters. The molecule has 0 spiro atoms. The Balaban J connectivity index is 2.39. The number of aryl methyl sites for hydroxylation is 2. The van der Waals surface area contributed by atoms with Gasteiger partial charge in [-0.05, 0) is 19.3 Å². The van der Waals surface area contributed by atoms with Crippen molar-refractivity contribution in [2.24, 2.45) is 7.05 Å². The maximum absolute atomic E-state index is 10.9. The standard InChI is InChI=1S/C9H14N4O2/c1-3-7-8(13(14)15)9(12(2)11-7)10-6-4-5-6/h6,10H,3-5H2,1-2H3. The van der Waals surface area contributed by atoms with E-state index in [4.69, 9.17) is 0 Å². The zero-order chi connectivity index (χ0) is 11.0. The molecule has 1 aliphatic carbocycles. The van der Waals surface area contributed by atoms with Crippen molar-refractivity contribution in [1.29, 1.82) is 0 Å². The topological polar surface area (TPSA) is 73.0 Å². The highest BCUT2D eigenvalue weighted by Gasteiger charge is 2.30. The highest BCUT2D eigenvalue weighted by Crippen LogP contribution is 2.32. The van der Waals surface area contributed by atoms with Gasteiger partial charge in [0.2, 0.25) is 5.82 Å². The Hall–Kier alpha value is -1.59. The lowest BCUT2D eigenvalue weighted by Gasteiger charge is -2.02. The molecule has 0 atom stereocenters. The van der Waals surface area contributed by atoms with Gasteiger partial charge >= 0.3 is 5.69 Å². The van der Waals surface area contributed by atoms with Gasteiger partial charge in [0.25, 0.3) is 0 Å². The van der Waals surface area contributed by atoms with Crippen molar-refractivity contribution in [2.75, 3.05) is 5.32 Å². The lowest BCUT2D eigenvalue weighted by atomic mass is 10.3. The molecule has 1 aromatic heterocycles. The van der Waals surface area contributed by atoms with Gasteiger partial charge < -0.3 is 5.32 Å². The highest BCUT2D eigenvalue weighted by atomic mass is 16.6. The number of rotatable bonds is 4. The van der Waals surface area contributed by atoms with Gasteiger partial charge in [-0.25, -0.2) is 4.68 Å². The lowest BCUT2D eigenvalue weighted by Crippen LogP contribution is -2.07. The third-order valence-corrected chi connectivity index (χ3v) is 2.53. The summed E-state index contributed by atoms with van der Waals surface area (Å²) in [6.07, 6.45) is 2.75. The molecule has 1 fully saturated rings. The van der Waals surface area contributed by atoms with Crippen molar-refractivity contribution in [3.8, 4) is 0 Å². The third kappa shape index (κ3) is 1.79. The molecule has 1 N–H and O–H groups in total. The summed E-state index contributed by atoms with van der Waals surface area (Å²) in [4.78, 5) is 10.6. The van der Waals surface area contributed by atoms with Crippen molar-refractivity contribution in [2.45, 2.75) is 32.2 Å². The van der Waals surface area contributed by atoms with E-state index in [1.807, 2.05) is 6.92 Å². The van der Waals surface area contributed by atoms with E-state index in [9.17, 15) is 10.1 Å². The minimum Gasteiger partial charge on any atom is -0.362 e. The summed E-state index contributed by atoms with van der Waals surface area (Å²) >= 11 is 0. The van der Waals surface area contributed by atoms with E-state index in [1.54, 1.807) is 11.7 Å². The molecule has 0 amide bonds. The fourth-order valence-electron chi connectivity index (χ4n) is 1.58. The molecular formula is C9H14N4O2. The largest absolute Gasteiger partial charge is 0.362 e. The number of anilines is 1. The normalized spacial score (nSPS) is 15.3. The van der Waals surface area contributed by atoms with E-state index < -0.39 is 0 Å². The smallest absolute Gasteiger partial charge is 0.333 e. The van der Waals surface area contributed by atoms with Gasteiger partial charge in [0, 0.05) is 13.1 Å². The monoisotopic (exact) mass is 210 g/mol. The molecule has 0 radical (unpaired) electrons. The second-order valence-corrected chi connectivity index (χ2v) is 3.80. The first kappa shape index (κ1) is 9.95. The Labute approximate surface area is 87.4 Å². The van der Waals surface area contributed by atoms with E-state index in [2.05, 4.69) is 10.4 Å². The quantitative estimate of drug-likeness (QED) is 0.603. The molecule has 6 nitrogen and oxygen atoms in total. The summed E-state index contributed by atoms with van der Waals surface area (Å²) < 4.78 is 1.56. The molecule has 0 aliphatic heterocycles. The maximum Gasteiger partial charge on any atom is 0.333 e. The van der Waals surface area contributed by atoms with Crippen LogP contribution in [0.1, 0.15) is 25.5 Å². The number of aromatic nitrogens is 2. The van der Waals surface area contributed by atoms with E-state index in [-0.39, 0.29) is 10.6 Å². The number of nitro groups is 1. The van der Waals surface area contributed by atoms with Crippen molar-refractivity contribution in [3.05, 3.63) is 15.8 Å². The van der Waals surface area contributed by atoms with Crippen LogP contribution < -0.4 is 5.32 Å². The Kier molecular flexibility index (Phi) is 2.34. The second kappa shape index (κ2) is 3.52. The first-order valence-corrected chi connectivity index (χ1v) is 5.10. The van der Waals surface area contributed by atoms with Crippen molar-refractivity contribution < 1.29 is 4.92 Å².